The summed E-state index contributed by atoms with van der Waals surface area (Å²) in [5, 5.41) is 9.83. The average molecular weight is 409 g/mol. The first-order chi connectivity index (χ1) is 14.7. The van der Waals surface area contributed by atoms with E-state index in [0.717, 1.165) is 44.1 Å². The van der Waals surface area contributed by atoms with E-state index >= 15 is 0 Å². The normalized spacial score (nSPS) is 11.1. The van der Waals surface area contributed by atoms with Crippen LogP contribution in [0.25, 0.3) is 11.3 Å². The minimum atomic E-state index is -0.353. The van der Waals surface area contributed by atoms with Crippen molar-refractivity contribution in [2.45, 2.75) is 38.5 Å². The number of H-pyrrole nitrogens is 1. The summed E-state index contributed by atoms with van der Waals surface area (Å²) >= 11 is 0. The van der Waals surface area contributed by atoms with Crippen LogP contribution in [-0.2, 0) is 6.42 Å². The third-order valence-electron chi connectivity index (χ3n) is 4.57. The van der Waals surface area contributed by atoms with Crippen LogP contribution in [0, 0.1) is 11.2 Å². The lowest BCUT2D eigenvalue weighted by Crippen LogP contribution is -1.99. The van der Waals surface area contributed by atoms with E-state index in [-0.39, 0.29) is 17.5 Å². The van der Waals surface area contributed by atoms with Crippen LogP contribution in [0.2, 0.25) is 0 Å². The highest BCUT2D eigenvalue weighted by Crippen LogP contribution is 2.24. The third kappa shape index (κ3) is 5.97. The van der Waals surface area contributed by atoms with Gasteiger partial charge in [-0.2, -0.15) is 0 Å². The van der Waals surface area contributed by atoms with Gasteiger partial charge in [0.1, 0.15) is 17.9 Å². The number of aryl methyl sites for hydroxylation is 1. The Balaban J connectivity index is 1.42. The van der Waals surface area contributed by atoms with Crippen LogP contribution in [0.3, 0.4) is 0 Å². The van der Waals surface area contributed by atoms with E-state index in [4.69, 9.17) is 9.83 Å². The summed E-state index contributed by atoms with van der Waals surface area (Å²) in [6.45, 7) is 0. The minimum absolute atomic E-state index is 0.0651. The second kappa shape index (κ2) is 10.8. The monoisotopic (exact) mass is 409 g/mol. The van der Waals surface area contributed by atoms with Gasteiger partial charge >= 0.3 is 0 Å². The lowest BCUT2D eigenvalue weighted by molar-refractivity contribution is 0.0945. The molecule has 0 bridgehead atoms. The van der Waals surface area contributed by atoms with Crippen molar-refractivity contribution in [3.63, 3.8) is 0 Å². The number of allylic oxidation sites excluding steroid dienone is 1. The van der Waals surface area contributed by atoms with Crippen molar-refractivity contribution in [3.05, 3.63) is 66.7 Å². The molecule has 156 valence electrons. The van der Waals surface area contributed by atoms with Crippen molar-refractivity contribution in [2.75, 3.05) is 5.32 Å². The molecule has 7 nitrogen and oxygen atoms in total. The van der Waals surface area contributed by atoms with Gasteiger partial charge in [0.05, 0.1) is 18.1 Å². The molecular formula is C22H24FN5O2. The number of oxazole rings is 1. The lowest BCUT2D eigenvalue weighted by Gasteiger charge is -2.04. The largest absolute Gasteiger partial charge is 0.442 e. The molecule has 0 amide bonds. The lowest BCUT2D eigenvalue weighted by atomic mass is 10.1. The molecule has 1 aromatic carbocycles. The standard InChI is InChI=1S/C22H24FN5O2/c23-18-14-16(25-11-5-10-24)8-9-17(18)19-15-27-21(28-19)7-4-2-1-3-6-20(29)22-26-12-13-30-22/h5,8-15,24-25H,1-4,6-7H2,(H,27,28)/b11-5-,24-10?. The van der Waals surface area contributed by atoms with Crippen molar-refractivity contribution < 1.29 is 13.6 Å². The molecule has 0 saturated carbocycles. The Kier molecular flexibility index (Phi) is 7.65. The SMILES string of the molecule is N=C/C=C\Nc1ccc(-c2cnc(CCCCCCC(=O)c3ncco3)[nH]2)c(F)c1. The van der Waals surface area contributed by atoms with Crippen molar-refractivity contribution >= 4 is 17.7 Å². The van der Waals surface area contributed by atoms with E-state index < -0.39 is 0 Å². The Morgan fingerprint density at radius 2 is 2.10 bits per heavy atom. The Morgan fingerprint density at radius 3 is 2.87 bits per heavy atom. The first kappa shape index (κ1) is 21.2. The zero-order valence-electron chi connectivity index (χ0n) is 16.5. The fourth-order valence-electron chi connectivity index (χ4n) is 3.04. The van der Waals surface area contributed by atoms with Crippen LogP contribution in [0.15, 0.2) is 53.5 Å². The van der Waals surface area contributed by atoms with Gasteiger partial charge in [-0.25, -0.2) is 14.4 Å². The van der Waals surface area contributed by atoms with Gasteiger partial charge in [-0.1, -0.05) is 12.8 Å². The number of halogens is 1. The molecule has 0 aliphatic carbocycles. The molecule has 0 saturated heterocycles. The number of unbranched alkanes of at least 4 members (excludes halogenated alkanes) is 3. The number of ketones is 1. The van der Waals surface area contributed by atoms with E-state index in [2.05, 4.69) is 20.3 Å². The molecule has 0 unspecified atom stereocenters. The van der Waals surface area contributed by atoms with Gasteiger partial charge in [0, 0.05) is 36.5 Å². The van der Waals surface area contributed by atoms with Crippen LogP contribution in [-0.4, -0.2) is 26.9 Å². The molecule has 0 aliphatic heterocycles. The predicted molar refractivity (Wildman–Crippen MR) is 113 cm³/mol. The fourth-order valence-corrected chi connectivity index (χ4v) is 3.04. The van der Waals surface area contributed by atoms with Crippen LogP contribution in [0.5, 0.6) is 0 Å². The second-order valence-corrected chi connectivity index (χ2v) is 6.78. The molecular weight excluding hydrogens is 385 g/mol. The summed E-state index contributed by atoms with van der Waals surface area (Å²) in [6.07, 6.45) is 13.6. The zero-order valence-corrected chi connectivity index (χ0v) is 16.5. The molecule has 0 spiro atoms. The van der Waals surface area contributed by atoms with Gasteiger partial charge in [0.25, 0.3) is 5.89 Å². The first-order valence-corrected chi connectivity index (χ1v) is 9.86. The van der Waals surface area contributed by atoms with Gasteiger partial charge in [-0.3, -0.25) is 4.79 Å². The number of imidazole rings is 1. The Bertz CT molecular complexity index is 995. The molecule has 2 aromatic heterocycles. The highest BCUT2D eigenvalue weighted by Gasteiger charge is 2.11. The molecule has 3 N–H and O–H groups in total. The number of Topliss-reactive ketones (excluding diaryl/α,β-unsaturated/α-hetero) is 1. The maximum absolute atomic E-state index is 14.4. The molecule has 3 rings (SSSR count). The van der Waals surface area contributed by atoms with E-state index in [9.17, 15) is 9.18 Å². The molecule has 0 fully saturated rings. The molecule has 30 heavy (non-hydrogen) atoms. The third-order valence-corrected chi connectivity index (χ3v) is 4.57. The van der Waals surface area contributed by atoms with Gasteiger partial charge in [0.15, 0.2) is 0 Å². The predicted octanol–water partition coefficient (Wildman–Crippen LogP) is 5.15. The van der Waals surface area contributed by atoms with Crippen molar-refractivity contribution in [3.8, 4) is 11.3 Å². The number of nitrogens with zero attached hydrogens (tertiary/aromatic N) is 2. The molecule has 3 aromatic rings. The summed E-state index contributed by atoms with van der Waals surface area (Å²) in [6, 6.07) is 4.87. The smallest absolute Gasteiger partial charge is 0.263 e. The number of rotatable bonds is 12. The van der Waals surface area contributed by atoms with Crippen LogP contribution >= 0.6 is 0 Å². The summed E-state index contributed by atoms with van der Waals surface area (Å²) < 4.78 is 19.4. The fraction of sp³-hybridized carbons (Fsp3) is 0.273. The second-order valence-electron chi connectivity index (χ2n) is 6.78. The number of aromatic nitrogens is 3. The Labute approximate surface area is 174 Å². The Morgan fingerprint density at radius 1 is 1.23 bits per heavy atom. The number of anilines is 1. The molecule has 2 heterocycles. The minimum Gasteiger partial charge on any atom is -0.442 e. The average Bonchev–Trinajstić information content (AvgIpc) is 3.43. The summed E-state index contributed by atoms with van der Waals surface area (Å²) in [7, 11) is 0. The van der Waals surface area contributed by atoms with Gasteiger partial charge < -0.3 is 20.1 Å². The topological polar surface area (TPSA) is 108 Å². The first-order valence-electron chi connectivity index (χ1n) is 9.86. The summed E-state index contributed by atoms with van der Waals surface area (Å²) in [5.41, 5.74) is 1.71. The highest BCUT2D eigenvalue weighted by atomic mass is 19.1. The van der Waals surface area contributed by atoms with Gasteiger partial charge in [-0.05, 0) is 37.1 Å². The summed E-state index contributed by atoms with van der Waals surface area (Å²) in [4.78, 5) is 23.2. The van der Waals surface area contributed by atoms with E-state index in [1.165, 1.54) is 24.6 Å². The quantitative estimate of drug-likeness (QED) is 0.218. The van der Waals surface area contributed by atoms with E-state index in [1.807, 2.05) is 0 Å². The zero-order chi connectivity index (χ0) is 21.2. The number of nitrogens with one attached hydrogen (secondary N) is 3. The number of carbonyl (C=O) groups is 1. The number of hydrogen-bond donors (Lipinski definition) is 3. The molecule has 0 aliphatic rings. The maximum atomic E-state index is 14.4. The number of aromatic amines is 1. The van der Waals surface area contributed by atoms with Gasteiger partial charge in [0.2, 0.25) is 5.78 Å². The van der Waals surface area contributed by atoms with Gasteiger partial charge in [-0.15, -0.1) is 0 Å². The summed E-state index contributed by atoms with van der Waals surface area (Å²) in [5.74, 6) is 0.576. The van der Waals surface area contributed by atoms with E-state index in [1.54, 1.807) is 24.5 Å². The Hall–Kier alpha value is -3.55. The van der Waals surface area contributed by atoms with Crippen molar-refractivity contribution in [2.24, 2.45) is 0 Å². The van der Waals surface area contributed by atoms with Crippen molar-refractivity contribution in [1.82, 2.24) is 15.0 Å². The molecule has 0 radical (unpaired) electrons. The molecule has 0 atom stereocenters. The number of hydrogen-bond acceptors (Lipinski definition) is 6. The molecule has 8 heteroatoms. The van der Waals surface area contributed by atoms with Crippen molar-refractivity contribution in [1.29, 1.82) is 5.41 Å². The number of carbonyl (C=O) groups excluding carboxylic acids is 1. The highest BCUT2D eigenvalue weighted by molar-refractivity contribution is 5.91. The number of benzene rings is 1. The van der Waals surface area contributed by atoms with E-state index in [0.29, 0.717) is 23.4 Å². The van der Waals surface area contributed by atoms with Crippen LogP contribution < -0.4 is 5.32 Å². The maximum Gasteiger partial charge on any atom is 0.263 e. The van der Waals surface area contributed by atoms with Crippen LogP contribution in [0.4, 0.5) is 10.1 Å². The van der Waals surface area contributed by atoms with Crippen LogP contribution in [0.1, 0.15) is 48.6 Å².